The van der Waals surface area contributed by atoms with E-state index >= 15 is 0 Å². The van der Waals surface area contributed by atoms with Gasteiger partial charge in [0.1, 0.15) is 5.82 Å². The third kappa shape index (κ3) is 2.31. The highest BCUT2D eigenvalue weighted by atomic mass is 16.5. The summed E-state index contributed by atoms with van der Waals surface area (Å²) in [5, 5.41) is 10.2. The van der Waals surface area contributed by atoms with E-state index in [1.807, 2.05) is 0 Å². The van der Waals surface area contributed by atoms with Crippen LogP contribution in [-0.2, 0) is 18.3 Å². The predicted octanol–water partition coefficient (Wildman–Crippen LogP) is 1.40. The molecule has 1 spiro atoms. The number of piperidine rings is 1. The molecule has 2 atom stereocenters. The normalized spacial score (nSPS) is 28.8. The van der Waals surface area contributed by atoms with Crippen molar-refractivity contribution < 1.29 is 9.84 Å². The maximum Gasteiger partial charge on any atom is 0.123 e. The van der Waals surface area contributed by atoms with Gasteiger partial charge in [-0.05, 0) is 39.8 Å². The van der Waals surface area contributed by atoms with Gasteiger partial charge >= 0.3 is 0 Å². The lowest BCUT2D eigenvalue weighted by molar-refractivity contribution is -0.201. The largest absolute Gasteiger partial charge is 0.392 e. The highest BCUT2D eigenvalue weighted by Crippen LogP contribution is 2.50. The van der Waals surface area contributed by atoms with E-state index in [1.165, 1.54) is 5.69 Å². The summed E-state index contributed by atoms with van der Waals surface area (Å²) in [6.07, 6.45) is 2.91. The molecule has 1 aliphatic carbocycles. The zero-order valence-electron chi connectivity index (χ0n) is 13.6. The van der Waals surface area contributed by atoms with E-state index in [0.717, 1.165) is 50.4 Å². The fourth-order valence-electron chi connectivity index (χ4n) is 3.97. The third-order valence-electron chi connectivity index (χ3n) is 5.89. The van der Waals surface area contributed by atoms with Crippen molar-refractivity contribution in [1.29, 1.82) is 0 Å². The number of nitrogens with zero attached hydrogens (tertiary/aromatic N) is 3. The minimum absolute atomic E-state index is 0.0126. The standard InChI is InChI=1S/C16H27N3O2/c1-11-12(2)18(3)15(17-11)10-19-7-5-16(6-8-19)13(20)9-14(16)21-4/h13-14,20H,5-10H2,1-4H3/t13-,14+/m0/s1. The molecule has 1 saturated heterocycles. The fourth-order valence-corrected chi connectivity index (χ4v) is 3.97. The smallest absolute Gasteiger partial charge is 0.123 e. The van der Waals surface area contributed by atoms with Gasteiger partial charge < -0.3 is 14.4 Å². The molecule has 0 amide bonds. The average Bonchev–Trinajstić information content (AvgIpc) is 2.72. The van der Waals surface area contributed by atoms with Crippen LogP contribution >= 0.6 is 0 Å². The molecular formula is C16H27N3O2. The Bertz CT molecular complexity index is 518. The molecule has 0 aromatic carbocycles. The second-order valence-electron chi connectivity index (χ2n) is 6.74. The van der Waals surface area contributed by atoms with E-state index in [9.17, 15) is 5.11 Å². The van der Waals surface area contributed by atoms with Crippen molar-refractivity contribution in [3.05, 3.63) is 17.2 Å². The van der Waals surface area contributed by atoms with E-state index < -0.39 is 0 Å². The van der Waals surface area contributed by atoms with E-state index in [2.05, 4.69) is 35.3 Å². The summed E-state index contributed by atoms with van der Waals surface area (Å²) in [6.45, 7) is 7.11. The maximum absolute atomic E-state index is 10.2. The molecule has 2 fully saturated rings. The average molecular weight is 293 g/mol. The van der Waals surface area contributed by atoms with Gasteiger partial charge in [-0.2, -0.15) is 0 Å². The molecule has 5 nitrogen and oxygen atoms in total. The number of imidazole rings is 1. The molecule has 0 unspecified atom stereocenters. The van der Waals surface area contributed by atoms with Gasteiger partial charge in [-0.25, -0.2) is 4.98 Å². The molecule has 1 aromatic rings. The topological polar surface area (TPSA) is 50.5 Å². The predicted molar refractivity (Wildman–Crippen MR) is 81.0 cm³/mol. The number of ether oxygens (including phenoxy) is 1. The van der Waals surface area contributed by atoms with E-state index in [-0.39, 0.29) is 17.6 Å². The zero-order valence-corrected chi connectivity index (χ0v) is 13.6. The van der Waals surface area contributed by atoms with Crippen molar-refractivity contribution in [2.24, 2.45) is 12.5 Å². The van der Waals surface area contributed by atoms with Crippen LogP contribution < -0.4 is 0 Å². The first-order valence-electron chi connectivity index (χ1n) is 7.90. The zero-order chi connectivity index (χ0) is 15.2. The fraction of sp³-hybridized carbons (Fsp3) is 0.812. The number of hydrogen-bond donors (Lipinski definition) is 1. The molecule has 2 heterocycles. The number of likely N-dealkylation sites (tertiary alicyclic amines) is 1. The van der Waals surface area contributed by atoms with Crippen LogP contribution in [-0.4, -0.2) is 52.0 Å². The number of aliphatic hydroxyl groups excluding tert-OH is 1. The first kappa shape index (κ1) is 15.0. The van der Waals surface area contributed by atoms with Crippen LogP contribution in [0.4, 0.5) is 0 Å². The summed E-state index contributed by atoms with van der Waals surface area (Å²) in [5.41, 5.74) is 2.38. The molecule has 1 saturated carbocycles. The second kappa shape index (κ2) is 5.38. The van der Waals surface area contributed by atoms with Crippen molar-refractivity contribution in [3.8, 4) is 0 Å². The quantitative estimate of drug-likeness (QED) is 0.915. The van der Waals surface area contributed by atoms with Gasteiger partial charge in [0.05, 0.1) is 24.4 Å². The molecule has 3 rings (SSSR count). The first-order valence-corrected chi connectivity index (χ1v) is 7.90. The molecule has 1 aliphatic heterocycles. The van der Waals surface area contributed by atoms with Gasteiger partial charge in [-0.3, -0.25) is 4.90 Å². The highest BCUT2D eigenvalue weighted by Gasteiger charge is 2.55. The van der Waals surface area contributed by atoms with Crippen molar-refractivity contribution in [1.82, 2.24) is 14.5 Å². The molecule has 5 heteroatoms. The Morgan fingerprint density at radius 3 is 2.48 bits per heavy atom. The van der Waals surface area contributed by atoms with E-state index in [0.29, 0.717) is 0 Å². The Kier molecular flexibility index (Phi) is 3.84. The summed E-state index contributed by atoms with van der Waals surface area (Å²) in [7, 11) is 3.86. The maximum atomic E-state index is 10.2. The Labute approximate surface area is 126 Å². The SMILES string of the molecule is CO[C@@H]1C[C@H](O)C12CCN(Cc1nc(C)c(C)n1C)CC2. The number of hydrogen-bond acceptors (Lipinski definition) is 4. The molecule has 2 aliphatic rings. The number of rotatable bonds is 3. The van der Waals surface area contributed by atoms with Gasteiger partial charge in [0.25, 0.3) is 0 Å². The molecule has 0 radical (unpaired) electrons. The van der Waals surface area contributed by atoms with Crippen LogP contribution in [0.2, 0.25) is 0 Å². The number of aliphatic hydroxyl groups is 1. The molecule has 1 N–H and O–H groups in total. The van der Waals surface area contributed by atoms with Crippen LogP contribution in [0.15, 0.2) is 0 Å². The lowest BCUT2D eigenvalue weighted by atomic mass is 9.58. The number of methoxy groups -OCH3 is 1. The minimum atomic E-state index is -0.178. The van der Waals surface area contributed by atoms with E-state index in [1.54, 1.807) is 7.11 Å². The Morgan fingerprint density at radius 2 is 2.00 bits per heavy atom. The summed E-state index contributed by atoms with van der Waals surface area (Å²) in [4.78, 5) is 7.12. The van der Waals surface area contributed by atoms with Crippen LogP contribution in [0.3, 0.4) is 0 Å². The van der Waals surface area contributed by atoms with Crippen molar-refractivity contribution in [2.75, 3.05) is 20.2 Å². The Balaban J connectivity index is 1.62. The van der Waals surface area contributed by atoms with Crippen LogP contribution in [0.25, 0.3) is 0 Å². The van der Waals surface area contributed by atoms with Crippen molar-refractivity contribution in [3.63, 3.8) is 0 Å². The molecule has 21 heavy (non-hydrogen) atoms. The van der Waals surface area contributed by atoms with Gasteiger partial charge in [-0.1, -0.05) is 0 Å². The van der Waals surface area contributed by atoms with E-state index in [4.69, 9.17) is 4.74 Å². The Morgan fingerprint density at radius 1 is 1.33 bits per heavy atom. The number of aryl methyl sites for hydroxylation is 1. The molecule has 1 aromatic heterocycles. The third-order valence-corrected chi connectivity index (χ3v) is 5.89. The van der Waals surface area contributed by atoms with Gasteiger partial charge in [-0.15, -0.1) is 0 Å². The molecule has 0 bridgehead atoms. The van der Waals surface area contributed by atoms with Crippen molar-refractivity contribution >= 4 is 0 Å². The second-order valence-corrected chi connectivity index (χ2v) is 6.74. The summed E-state index contributed by atoms with van der Waals surface area (Å²) >= 11 is 0. The van der Waals surface area contributed by atoms with Crippen molar-refractivity contribution in [2.45, 2.75) is 51.9 Å². The summed E-state index contributed by atoms with van der Waals surface area (Å²) in [6, 6.07) is 0. The van der Waals surface area contributed by atoms with Crippen LogP contribution in [0, 0.1) is 19.3 Å². The monoisotopic (exact) mass is 293 g/mol. The first-order chi connectivity index (χ1) is 9.98. The minimum Gasteiger partial charge on any atom is -0.392 e. The lowest BCUT2D eigenvalue weighted by Gasteiger charge is -2.56. The highest BCUT2D eigenvalue weighted by molar-refractivity contribution is 5.14. The van der Waals surface area contributed by atoms with Gasteiger partial charge in [0, 0.05) is 31.7 Å². The van der Waals surface area contributed by atoms with Gasteiger partial charge in [0.15, 0.2) is 0 Å². The lowest BCUT2D eigenvalue weighted by Crippen LogP contribution is -2.62. The van der Waals surface area contributed by atoms with Gasteiger partial charge in [0.2, 0.25) is 0 Å². The number of aromatic nitrogens is 2. The Hall–Kier alpha value is -0.910. The molecular weight excluding hydrogens is 266 g/mol. The summed E-state index contributed by atoms with van der Waals surface area (Å²) < 4.78 is 7.74. The summed E-state index contributed by atoms with van der Waals surface area (Å²) in [5.74, 6) is 1.14. The van der Waals surface area contributed by atoms with Crippen LogP contribution in [0.1, 0.15) is 36.5 Å². The van der Waals surface area contributed by atoms with Crippen LogP contribution in [0.5, 0.6) is 0 Å². The molecule has 118 valence electrons.